The van der Waals surface area contributed by atoms with E-state index in [1.807, 2.05) is 12.1 Å². The molecule has 7 nitrogen and oxygen atoms in total. The highest BCUT2D eigenvalue weighted by atomic mass is 32.2. The van der Waals surface area contributed by atoms with Gasteiger partial charge in [-0.25, -0.2) is 8.42 Å². The number of carbonyl (C=O) groups excluding carboxylic acids is 1. The highest BCUT2D eigenvalue weighted by molar-refractivity contribution is 7.93. The first-order valence-corrected chi connectivity index (χ1v) is 10.8. The fourth-order valence-corrected chi connectivity index (χ4v) is 4.74. The van der Waals surface area contributed by atoms with Crippen molar-refractivity contribution in [3.63, 3.8) is 0 Å². The van der Waals surface area contributed by atoms with Crippen LogP contribution in [0.1, 0.15) is 37.7 Å². The number of terminal acetylenes is 1. The lowest BCUT2D eigenvalue weighted by Gasteiger charge is -2.17. The van der Waals surface area contributed by atoms with E-state index in [-0.39, 0.29) is 17.3 Å². The Morgan fingerprint density at radius 1 is 1.26 bits per heavy atom. The summed E-state index contributed by atoms with van der Waals surface area (Å²) < 4.78 is 25.3. The van der Waals surface area contributed by atoms with Crippen molar-refractivity contribution < 1.29 is 13.2 Å². The summed E-state index contributed by atoms with van der Waals surface area (Å²) in [6, 6.07) is 7.38. The van der Waals surface area contributed by atoms with Gasteiger partial charge in [-0.3, -0.25) is 9.10 Å². The van der Waals surface area contributed by atoms with Gasteiger partial charge in [-0.2, -0.15) is 10.2 Å². The van der Waals surface area contributed by atoms with Gasteiger partial charge in [0.15, 0.2) is 5.66 Å². The summed E-state index contributed by atoms with van der Waals surface area (Å²) in [6.07, 6.45) is 8.96. The first-order valence-electron chi connectivity index (χ1n) is 9.18. The van der Waals surface area contributed by atoms with E-state index in [4.69, 9.17) is 6.42 Å². The van der Waals surface area contributed by atoms with Gasteiger partial charge in [0.25, 0.3) is 0 Å². The van der Waals surface area contributed by atoms with Crippen molar-refractivity contribution in [3.8, 4) is 12.3 Å². The van der Waals surface area contributed by atoms with Gasteiger partial charge in [0.1, 0.15) is 0 Å². The van der Waals surface area contributed by atoms with E-state index in [9.17, 15) is 13.2 Å². The molecular weight excluding hydrogens is 364 g/mol. The third-order valence-corrected chi connectivity index (χ3v) is 6.73. The van der Waals surface area contributed by atoms with Crippen molar-refractivity contribution >= 4 is 21.6 Å². The zero-order valence-corrected chi connectivity index (χ0v) is 16.0. The molecule has 3 rings (SSSR count). The number of aryl methyl sites for hydroxylation is 1. The van der Waals surface area contributed by atoms with Gasteiger partial charge in [0, 0.05) is 38.8 Å². The number of hydrogen-bond donors (Lipinski definition) is 1. The molecule has 0 aromatic heterocycles. The van der Waals surface area contributed by atoms with Crippen molar-refractivity contribution in [3.05, 3.63) is 29.8 Å². The summed E-state index contributed by atoms with van der Waals surface area (Å²) in [4.78, 5) is 12.0. The maximum Gasteiger partial charge on any atom is 0.235 e. The average molecular weight is 388 g/mol. The number of rotatable bonds is 9. The Morgan fingerprint density at radius 3 is 2.59 bits per heavy atom. The number of nitrogens with one attached hydrogen (secondary N) is 1. The molecule has 144 valence electrons. The van der Waals surface area contributed by atoms with Gasteiger partial charge in [-0.05, 0) is 30.5 Å². The lowest BCUT2D eigenvalue weighted by atomic mass is 10.0. The monoisotopic (exact) mass is 388 g/mol. The van der Waals surface area contributed by atoms with E-state index in [1.54, 1.807) is 12.1 Å². The number of hydrogen-bond acceptors (Lipinski definition) is 5. The molecule has 0 unspecified atom stereocenters. The Morgan fingerprint density at radius 2 is 2.00 bits per heavy atom. The van der Waals surface area contributed by atoms with Crippen molar-refractivity contribution in [1.29, 1.82) is 0 Å². The molecule has 1 aromatic carbocycles. The first kappa shape index (κ1) is 19.4. The molecule has 1 saturated heterocycles. The second-order valence-electron chi connectivity index (χ2n) is 6.89. The number of sulfonamides is 1. The van der Waals surface area contributed by atoms with Crippen LogP contribution in [0, 0.1) is 12.3 Å². The molecule has 0 spiro atoms. The van der Waals surface area contributed by atoms with E-state index in [0.29, 0.717) is 50.9 Å². The van der Waals surface area contributed by atoms with Gasteiger partial charge in [-0.15, -0.1) is 12.3 Å². The molecule has 1 N–H and O–H groups in total. The minimum atomic E-state index is -3.16. The zero-order valence-electron chi connectivity index (χ0n) is 15.2. The van der Waals surface area contributed by atoms with E-state index < -0.39 is 10.0 Å². The normalized spacial score (nSPS) is 18.9. The van der Waals surface area contributed by atoms with Crippen LogP contribution in [0.25, 0.3) is 0 Å². The van der Waals surface area contributed by atoms with Gasteiger partial charge in [0.2, 0.25) is 15.9 Å². The predicted octanol–water partition coefficient (Wildman–Crippen LogP) is 2.24. The summed E-state index contributed by atoms with van der Waals surface area (Å²) in [5.74, 6) is 2.77. The topological polar surface area (TPSA) is 91.2 Å². The minimum Gasteiger partial charge on any atom is -0.356 e. The molecule has 0 aliphatic carbocycles. The predicted molar refractivity (Wildman–Crippen MR) is 104 cm³/mol. The molecule has 0 atom stereocenters. The third-order valence-electron chi connectivity index (χ3n) is 4.86. The number of anilines is 1. The largest absolute Gasteiger partial charge is 0.356 e. The minimum absolute atomic E-state index is 0.0195. The summed E-state index contributed by atoms with van der Waals surface area (Å²) in [5.41, 5.74) is 1.32. The Bertz CT molecular complexity index is 850. The second kappa shape index (κ2) is 8.09. The standard InChI is InChI=1S/C19H24N4O3S/c1-2-3-11-19(21-22-19)12-13-20-18(24)10-7-16-5-8-17(9-6-16)23-14-4-15-27(23,25)26/h1,5-6,8-9H,3-4,7,10-15H2,(H,20,24). The highest BCUT2D eigenvalue weighted by Crippen LogP contribution is 2.36. The SMILES string of the molecule is C#CCCC1(CCNC(=O)CCc2ccc(N3CCCS3(=O)=O)cc2)N=N1. The highest BCUT2D eigenvalue weighted by Gasteiger charge is 2.38. The van der Waals surface area contributed by atoms with E-state index in [2.05, 4.69) is 21.5 Å². The Hall–Kier alpha value is -2.40. The molecule has 1 amide bonds. The molecule has 27 heavy (non-hydrogen) atoms. The molecule has 1 aromatic rings. The molecule has 2 heterocycles. The quantitative estimate of drug-likeness (QED) is 0.658. The lowest BCUT2D eigenvalue weighted by molar-refractivity contribution is -0.121. The van der Waals surface area contributed by atoms with Gasteiger partial charge in [-0.1, -0.05) is 12.1 Å². The number of benzene rings is 1. The van der Waals surface area contributed by atoms with Crippen LogP contribution in [0.3, 0.4) is 0 Å². The number of carbonyl (C=O) groups is 1. The maximum absolute atomic E-state index is 12.0. The lowest BCUT2D eigenvalue weighted by Crippen LogP contribution is -2.28. The van der Waals surface area contributed by atoms with Crippen LogP contribution in [0.2, 0.25) is 0 Å². The summed E-state index contributed by atoms with van der Waals surface area (Å²) in [6.45, 7) is 1.06. The van der Waals surface area contributed by atoms with Gasteiger partial charge in [0.05, 0.1) is 11.4 Å². The van der Waals surface area contributed by atoms with Crippen molar-refractivity contribution in [2.45, 2.75) is 44.2 Å². The van der Waals surface area contributed by atoms with Crippen LogP contribution < -0.4 is 9.62 Å². The first-order chi connectivity index (χ1) is 12.9. The number of nitrogens with zero attached hydrogens (tertiary/aromatic N) is 3. The van der Waals surface area contributed by atoms with E-state index in [1.165, 1.54) is 4.31 Å². The molecule has 8 heteroatoms. The smallest absolute Gasteiger partial charge is 0.235 e. The Balaban J connectivity index is 1.40. The Kier molecular flexibility index (Phi) is 5.80. The maximum atomic E-state index is 12.0. The zero-order chi connectivity index (χ0) is 19.3. The van der Waals surface area contributed by atoms with E-state index >= 15 is 0 Å². The molecule has 0 saturated carbocycles. The van der Waals surface area contributed by atoms with Crippen molar-refractivity contribution in [1.82, 2.24) is 5.32 Å². The van der Waals surface area contributed by atoms with Crippen LogP contribution in [0.5, 0.6) is 0 Å². The molecule has 0 radical (unpaired) electrons. The van der Waals surface area contributed by atoms with Crippen LogP contribution in [-0.4, -0.2) is 38.8 Å². The summed E-state index contributed by atoms with van der Waals surface area (Å²) >= 11 is 0. The van der Waals surface area contributed by atoms with Crippen LogP contribution >= 0.6 is 0 Å². The molecule has 1 fully saturated rings. The Labute approximate surface area is 160 Å². The molecule has 0 bridgehead atoms. The second-order valence-corrected chi connectivity index (χ2v) is 8.91. The molecular formula is C19H24N4O3S. The molecule has 2 aliphatic rings. The number of amides is 1. The fraction of sp³-hybridized carbons (Fsp3) is 0.526. The summed E-state index contributed by atoms with van der Waals surface area (Å²) in [5, 5.41) is 11.0. The third kappa shape index (κ3) is 5.07. The van der Waals surface area contributed by atoms with Crippen molar-refractivity contribution in [2.75, 3.05) is 23.1 Å². The van der Waals surface area contributed by atoms with Crippen LogP contribution in [0.4, 0.5) is 5.69 Å². The van der Waals surface area contributed by atoms with Crippen molar-refractivity contribution in [2.24, 2.45) is 10.2 Å². The average Bonchev–Trinajstić information content (AvgIpc) is 3.33. The van der Waals surface area contributed by atoms with Gasteiger partial charge < -0.3 is 5.32 Å². The van der Waals surface area contributed by atoms with Crippen LogP contribution in [0.15, 0.2) is 34.5 Å². The van der Waals surface area contributed by atoms with Gasteiger partial charge >= 0.3 is 0 Å². The van der Waals surface area contributed by atoms with Crippen LogP contribution in [-0.2, 0) is 21.2 Å². The molecule has 2 aliphatic heterocycles. The summed E-state index contributed by atoms with van der Waals surface area (Å²) in [7, 11) is -3.16. The fourth-order valence-electron chi connectivity index (χ4n) is 3.17. The van der Waals surface area contributed by atoms with E-state index in [0.717, 1.165) is 12.0 Å².